The second-order valence-electron chi connectivity index (χ2n) is 6.50. The van der Waals surface area contributed by atoms with Crippen LogP contribution in [-0.2, 0) is 10.2 Å². The highest BCUT2D eigenvalue weighted by Gasteiger charge is 2.41. The molecule has 1 unspecified atom stereocenters. The molecular formula is C20H23BO. The molecule has 112 valence electrons. The summed E-state index contributed by atoms with van der Waals surface area (Å²) in [5.74, 6) is 1.68. The molecule has 2 aromatic rings. The Balaban J connectivity index is 2.03. The number of hydrogen-bond donors (Lipinski definition) is 0. The van der Waals surface area contributed by atoms with Crippen LogP contribution < -0.4 is 5.46 Å². The number of ether oxygens (including phenoxy) is 1. The number of rotatable bonds is 5. The minimum absolute atomic E-state index is 0.0366. The van der Waals surface area contributed by atoms with E-state index in [1.54, 1.807) is 7.11 Å². The lowest BCUT2D eigenvalue weighted by molar-refractivity contribution is 0.361. The van der Waals surface area contributed by atoms with Crippen LogP contribution in [-0.4, -0.2) is 15.0 Å². The van der Waals surface area contributed by atoms with Crippen LogP contribution in [0.15, 0.2) is 60.7 Å². The molecule has 0 spiro atoms. The molecule has 0 aromatic heterocycles. The van der Waals surface area contributed by atoms with Gasteiger partial charge in [0, 0.05) is 11.0 Å². The molecule has 1 aliphatic rings. The van der Waals surface area contributed by atoms with Crippen LogP contribution in [0.1, 0.15) is 30.9 Å². The van der Waals surface area contributed by atoms with Crippen molar-refractivity contribution in [1.29, 1.82) is 0 Å². The average molecular weight is 290 g/mol. The van der Waals surface area contributed by atoms with Gasteiger partial charge >= 0.3 is 0 Å². The van der Waals surface area contributed by atoms with E-state index in [0.29, 0.717) is 5.92 Å². The molecule has 1 nitrogen and oxygen atoms in total. The third-order valence-corrected chi connectivity index (χ3v) is 4.81. The summed E-state index contributed by atoms with van der Waals surface area (Å²) in [5, 5.41) is 0. The van der Waals surface area contributed by atoms with Crippen molar-refractivity contribution < 1.29 is 4.74 Å². The second-order valence-corrected chi connectivity index (χ2v) is 6.50. The van der Waals surface area contributed by atoms with Crippen molar-refractivity contribution in [2.75, 3.05) is 7.11 Å². The quantitative estimate of drug-likeness (QED) is 0.606. The fraction of sp³-hybridized carbons (Fsp3) is 0.300. The van der Waals surface area contributed by atoms with E-state index < -0.39 is 0 Å². The Morgan fingerprint density at radius 2 is 1.73 bits per heavy atom. The molecule has 2 heteroatoms. The molecule has 1 atom stereocenters. The fourth-order valence-electron chi connectivity index (χ4n) is 3.17. The van der Waals surface area contributed by atoms with Gasteiger partial charge in [-0.25, -0.2) is 0 Å². The topological polar surface area (TPSA) is 9.23 Å². The highest BCUT2D eigenvalue weighted by atomic mass is 16.5. The molecule has 0 aliphatic heterocycles. The van der Waals surface area contributed by atoms with Gasteiger partial charge in [-0.05, 0) is 30.4 Å². The first-order valence-electron chi connectivity index (χ1n) is 8.03. The van der Waals surface area contributed by atoms with E-state index in [1.807, 2.05) is 6.07 Å². The van der Waals surface area contributed by atoms with E-state index in [2.05, 4.69) is 69.4 Å². The summed E-state index contributed by atoms with van der Waals surface area (Å²) in [4.78, 5) is 0. The molecule has 0 amide bonds. The lowest BCUT2D eigenvalue weighted by atomic mass is 9.76. The van der Waals surface area contributed by atoms with Crippen molar-refractivity contribution >= 4 is 19.1 Å². The van der Waals surface area contributed by atoms with Gasteiger partial charge in [-0.1, -0.05) is 67.0 Å². The fourth-order valence-corrected chi connectivity index (χ4v) is 3.17. The molecule has 2 aromatic carbocycles. The van der Waals surface area contributed by atoms with Crippen molar-refractivity contribution in [1.82, 2.24) is 0 Å². The summed E-state index contributed by atoms with van der Waals surface area (Å²) >= 11 is 0. The SMILES string of the molecule is Bc1ccc(C(C)(/C=C(/OC)c2ccccc2)C2CC2)cc1. The highest BCUT2D eigenvalue weighted by Crippen LogP contribution is 2.49. The van der Waals surface area contributed by atoms with E-state index in [1.165, 1.54) is 23.9 Å². The van der Waals surface area contributed by atoms with Crippen LogP contribution in [0.5, 0.6) is 0 Å². The standard InChI is InChI=1S/C20H23BO/c1-20(16-8-9-16,17-10-12-18(21)13-11-17)14-19(22-2)15-6-4-3-5-7-15/h3-7,10-14,16H,8-9,21H2,1-2H3/b19-14+. The van der Waals surface area contributed by atoms with Crippen LogP contribution in [0.25, 0.3) is 5.76 Å². The van der Waals surface area contributed by atoms with Crippen LogP contribution in [0.4, 0.5) is 0 Å². The summed E-state index contributed by atoms with van der Waals surface area (Å²) in [6.45, 7) is 2.34. The summed E-state index contributed by atoms with van der Waals surface area (Å²) in [6.07, 6.45) is 4.92. The highest BCUT2D eigenvalue weighted by molar-refractivity contribution is 6.32. The average Bonchev–Trinajstić information content (AvgIpc) is 3.39. The molecule has 0 radical (unpaired) electrons. The lowest BCUT2D eigenvalue weighted by Gasteiger charge is -2.28. The van der Waals surface area contributed by atoms with Gasteiger partial charge in [0.1, 0.15) is 13.6 Å². The number of benzene rings is 2. The van der Waals surface area contributed by atoms with Gasteiger partial charge in [-0.15, -0.1) is 0 Å². The molecule has 0 bridgehead atoms. The van der Waals surface area contributed by atoms with E-state index in [9.17, 15) is 0 Å². The number of methoxy groups -OCH3 is 1. The molecular weight excluding hydrogens is 267 g/mol. The zero-order chi connectivity index (χ0) is 15.6. The van der Waals surface area contributed by atoms with Crippen molar-refractivity contribution in [3.63, 3.8) is 0 Å². The summed E-state index contributed by atoms with van der Waals surface area (Å²) < 4.78 is 5.72. The molecule has 1 fully saturated rings. The monoisotopic (exact) mass is 290 g/mol. The maximum absolute atomic E-state index is 5.72. The Kier molecular flexibility index (Phi) is 4.11. The molecule has 0 N–H and O–H groups in total. The smallest absolute Gasteiger partial charge is 0.139 e. The molecule has 1 aliphatic carbocycles. The first-order valence-corrected chi connectivity index (χ1v) is 8.03. The summed E-state index contributed by atoms with van der Waals surface area (Å²) in [5.41, 5.74) is 3.87. The molecule has 1 saturated carbocycles. The number of hydrogen-bond acceptors (Lipinski definition) is 1. The predicted octanol–water partition coefficient (Wildman–Crippen LogP) is 3.30. The van der Waals surface area contributed by atoms with Gasteiger partial charge in [-0.3, -0.25) is 0 Å². The number of allylic oxidation sites excluding steroid dienone is 1. The summed E-state index contributed by atoms with van der Waals surface area (Å²) in [7, 11) is 3.90. The van der Waals surface area contributed by atoms with Gasteiger partial charge < -0.3 is 4.74 Å². The van der Waals surface area contributed by atoms with Crippen molar-refractivity contribution in [3.8, 4) is 0 Å². The first kappa shape index (κ1) is 15.0. The maximum atomic E-state index is 5.72. The van der Waals surface area contributed by atoms with Crippen LogP contribution >= 0.6 is 0 Å². The zero-order valence-corrected chi connectivity index (χ0v) is 13.7. The first-order chi connectivity index (χ1) is 10.6. The minimum atomic E-state index is 0.0366. The molecule has 22 heavy (non-hydrogen) atoms. The van der Waals surface area contributed by atoms with Crippen LogP contribution in [0, 0.1) is 5.92 Å². The zero-order valence-electron chi connectivity index (χ0n) is 13.7. The van der Waals surface area contributed by atoms with Gasteiger partial charge in [0.25, 0.3) is 0 Å². The Morgan fingerprint density at radius 1 is 1.09 bits per heavy atom. The van der Waals surface area contributed by atoms with E-state index >= 15 is 0 Å². The van der Waals surface area contributed by atoms with Gasteiger partial charge in [0.15, 0.2) is 0 Å². The predicted molar refractivity (Wildman–Crippen MR) is 96.1 cm³/mol. The normalized spacial score (nSPS) is 17.8. The van der Waals surface area contributed by atoms with E-state index in [0.717, 1.165) is 11.3 Å². The van der Waals surface area contributed by atoms with E-state index in [-0.39, 0.29) is 5.41 Å². The Hall–Kier alpha value is -1.96. The maximum Gasteiger partial charge on any atom is 0.139 e. The molecule has 0 saturated heterocycles. The molecule has 0 heterocycles. The van der Waals surface area contributed by atoms with Crippen LogP contribution in [0.3, 0.4) is 0 Å². The van der Waals surface area contributed by atoms with Crippen molar-refractivity contribution in [3.05, 3.63) is 71.8 Å². The second kappa shape index (κ2) is 6.04. The Morgan fingerprint density at radius 3 is 2.27 bits per heavy atom. The Bertz CT molecular complexity index is 656. The molecule has 3 rings (SSSR count). The van der Waals surface area contributed by atoms with Gasteiger partial charge in [0.2, 0.25) is 0 Å². The van der Waals surface area contributed by atoms with Gasteiger partial charge in [0.05, 0.1) is 7.11 Å². The van der Waals surface area contributed by atoms with Crippen molar-refractivity contribution in [2.24, 2.45) is 5.92 Å². The Labute approximate surface area is 134 Å². The summed E-state index contributed by atoms with van der Waals surface area (Å²) in [6, 6.07) is 19.3. The van der Waals surface area contributed by atoms with Gasteiger partial charge in [-0.2, -0.15) is 0 Å². The largest absolute Gasteiger partial charge is 0.496 e. The third kappa shape index (κ3) is 2.97. The lowest BCUT2D eigenvalue weighted by Crippen LogP contribution is -2.23. The minimum Gasteiger partial charge on any atom is -0.496 e. The van der Waals surface area contributed by atoms with Crippen molar-refractivity contribution in [2.45, 2.75) is 25.2 Å². The third-order valence-electron chi connectivity index (χ3n) is 4.81. The van der Waals surface area contributed by atoms with Crippen LogP contribution in [0.2, 0.25) is 0 Å². The van der Waals surface area contributed by atoms with E-state index in [4.69, 9.17) is 4.74 Å².